The van der Waals surface area contributed by atoms with Crippen molar-refractivity contribution in [3.8, 4) is 0 Å². The molecule has 0 spiro atoms. The Morgan fingerprint density at radius 1 is 1.38 bits per heavy atom. The normalized spacial score (nSPS) is 18.1. The number of aromatic carboxylic acids is 1. The van der Waals surface area contributed by atoms with Crippen LogP contribution in [0.15, 0.2) is 18.2 Å². The molecule has 2 heteroatoms. The summed E-state index contributed by atoms with van der Waals surface area (Å²) in [5.74, 6) is -0.243. The first-order valence-corrected chi connectivity index (χ1v) is 6.04. The van der Waals surface area contributed by atoms with Crippen LogP contribution < -0.4 is 0 Å². The van der Waals surface area contributed by atoms with Gasteiger partial charge in [-0.1, -0.05) is 26.8 Å². The minimum atomic E-state index is -0.828. The topological polar surface area (TPSA) is 37.3 Å². The van der Waals surface area contributed by atoms with E-state index in [0.717, 1.165) is 6.42 Å². The maximum Gasteiger partial charge on any atom is 0.335 e. The van der Waals surface area contributed by atoms with Crippen molar-refractivity contribution in [3.63, 3.8) is 0 Å². The molecule has 0 aliphatic heterocycles. The molecule has 0 amide bonds. The van der Waals surface area contributed by atoms with Crippen LogP contribution in [0.5, 0.6) is 0 Å². The van der Waals surface area contributed by atoms with Crippen LogP contribution >= 0.6 is 0 Å². The van der Waals surface area contributed by atoms with E-state index in [0.29, 0.717) is 11.5 Å². The Kier molecular flexibility index (Phi) is 4.53. The molecule has 0 aromatic heterocycles. The van der Waals surface area contributed by atoms with Crippen LogP contribution in [0.1, 0.15) is 61.0 Å². The quantitative estimate of drug-likeness (QED) is 0.780. The number of hydrogen-bond donors (Lipinski definition) is 1. The predicted molar refractivity (Wildman–Crippen MR) is 66.1 cm³/mol. The molecule has 1 aromatic carbocycles. The Balaban J connectivity index is 0.000000606. The van der Waals surface area contributed by atoms with Gasteiger partial charge >= 0.3 is 5.97 Å². The van der Waals surface area contributed by atoms with Gasteiger partial charge in [0.1, 0.15) is 0 Å². The Bertz CT molecular complexity index is 369. The van der Waals surface area contributed by atoms with Crippen LogP contribution in [0.3, 0.4) is 0 Å². The molecule has 0 heterocycles. The largest absolute Gasteiger partial charge is 0.478 e. The highest BCUT2D eigenvalue weighted by molar-refractivity contribution is 5.87. The van der Waals surface area contributed by atoms with Crippen LogP contribution in [0.4, 0.5) is 0 Å². The third-order valence-corrected chi connectivity index (χ3v) is 3.00. The van der Waals surface area contributed by atoms with E-state index in [1.807, 2.05) is 26.0 Å². The van der Waals surface area contributed by atoms with Crippen LogP contribution in [0, 0.1) is 0 Å². The van der Waals surface area contributed by atoms with Crippen LogP contribution in [-0.4, -0.2) is 11.1 Å². The molecule has 1 unspecified atom stereocenters. The third kappa shape index (κ3) is 2.63. The van der Waals surface area contributed by atoms with Gasteiger partial charge in [-0.2, -0.15) is 0 Å². The molecule has 1 atom stereocenters. The zero-order valence-electron chi connectivity index (χ0n) is 10.3. The van der Waals surface area contributed by atoms with Crippen molar-refractivity contribution in [1.29, 1.82) is 0 Å². The lowest BCUT2D eigenvalue weighted by atomic mass is 9.83. The first kappa shape index (κ1) is 12.8. The lowest BCUT2D eigenvalue weighted by molar-refractivity contribution is 0.0696. The van der Waals surface area contributed by atoms with Crippen molar-refractivity contribution in [3.05, 3.63) is 34.9 Å². The second-order valence-electron chi connectivity index (χ2n) is 4.01. The van der Waals surface area contributed by atoms with E-state index in [-0.39, 0.29) is 0 Å². The highest BCUT2D eigenvalue weighted by atomic mass is 16.4. The summed E-state index contributed by atoms with van der Waals surface area (Å²) in [6.45, 7) is 6.21. The van der Waals surface area contributed by atoms with E-state index in [2.05, 4.69) is 6.92 Å². The molecule has 1 aromatic rings. The molecule has 1 N–H and O–H groups in total. The molecule has 2 nitrogen and oxygen atoms in total. The number of hydrogen-bond acceptors (Lipinski definition) is 1. The van der Waals surface area contributed by atoms with Crippen molar-refractivity contribution >= 4 is 5.97 Å². The number of rotatable bonds is 1. The molecule has 0 bridgehead atoms. The molecule has 2 rings (SSSR count). The molecule has 88 valence electrons. The van der Waals surface area contributed by atoms with Gasteiger partial charge in [0.15, 0.2) is 0 Å². The summed E-state index contributed by atoms with van der Waals surface area (Å²) in [4.78, 5) is 10.8. The van der Waals surface area contributed by atoms with E-state index in [1.54, 1.807) is 6.07 Å². The molecule has 1 aliphatic rings. The van der Waals surface area contributed by atoms with Crippen LogP contribution in [0.25, 0.3) is 0 Å². The molecule has 1 aliphatic carbocycles. The number of benzene rings is 1. The van der Waals surface area contributed by atoms with E-state index < -0.39 is 5.97 Å². The smallest absolute Gasteiger partial charge is 0.335 e. The molecule has 0 saturated heterocycles. The minimum absolute atomic E-state index is 0.415. The van der Waals surface area contributed by atoms with Crippen molar-refractivity contribution in [2.45, 2.75) is 46.0 Å². The van der Waals surface area contributed by atoms with Gasteiger partial charge in [0.05, 0.1) is 5.56 Å². The number of carboxylic acid groups (broad SMARTS) is 1. The summed E-state index contributed by atoms with van der Waals surface area (Å²) in [6.07, 6.45) is 3.43. The summed E-state index contributed by atoms with van der Waals surface area (Å²) in [7, 11) is 0. The highest BCUT2D eigenvalue weighted by Crippen LogP contribution is 2.31. The van der Waals surface area contributed by atoms with Crippen molar-refractivity contribution in [2.24, 2.45) is 0 Å². The Morgan fingerprint density at radius 2 is 2.06 bits per heavy atom. The second kappa shape index (κ2) is 5.69. The fourth-order valence-electron chi connectivity index (χ4n) is 2.19. The summed E-state index contributed by atoms with van der Waals surface area (Å²) in [6, 6.07) is 5.51. The standard InChI is InChI=1S/C12H14O2.C2H6/c1-8-3-2-4-9-7-10(12(13)14)5-6-11(8)9;1-2/h5-8H,2-4H2,1H3,(H,13,14);1-2H3. The minimum Gasteiger partial charge on any atom is -0.478 e. The van der Waals surface area contributed by atoms with E-state index in [1.165, 1.54) is 24.0 Å². The predicted octanol–water partition coefficient (Wildman–Crippen LogP) is 3.85. The zero-order chi connectivity index (χ0) is 12.1. The fourth-order valence-corrected chi connectivity index (χ4v) is 2.19. The Hall–Kier alpha value is -1.31. The lowest BCUT2D eigenvalue weighted by Gasteiger charge is -2.22. The zero-order valence-corrected chi connectivity index (χ0v) is 10.3. The highest BCUT2D eigenvalue weighted by Gasteiger charge is 2.17. The van der Waals surface area contributed by atoms with Crippen molar-refractivity contribution in [2.75, 3.05) is 0 Å². The van der Waals surface area contributed by atoms with Crippen LogP contribution in [0.2, 0.25) is 0 Å². The molecule has 0 radical (unpaired) electrons. The first-order chi connectivity index (χ1) is 7.68. The van der Waals surface area contributed by atoms with Gasteiger partial charge in [0.2, 0.25) is 0 Å². The third-order valence-electron chi connectivity index (χ3n) is 3.00. The van der Waals surface area contributed by atoms with Gasteiger partial charge < -0.3 is 5.11 Å². The van der Waals surface area contributed by atoms with Gasteiger partial charge in [-0.05, 0) is 48.4 Å². The molecule has 16 heavy (non-hydrogen) atoms. The van der Waals surface area contributed by atoms with E-state index in [4.69, 9.17) is 5.11 Å². The number of carboxylic acids is 1. The molecule has 0 saturated carbocycles. The molecular formula is C14H20O2. The maximum absolute atomic E-state index is 10.8. The monoisotopic (exact) mass is 220 g/mol. The summed E-state index contributed by atoms with van der Waals surface area (Å²) in [5, 5.41) is 8.85. The molecular weight excluding hydrogens is 200 g/mol. The number of fused-ring (bicyclic) bond motifs is 1. The van der Waals surface area contributed by atoms with E-state index in [9.17, 15) is 4.79 Å². The first-order valence-electron chi connectivity index (χ1n) is 6.04. The van der Waals surface area contributed by atoms with Gasteiger partial charge in [-0.3, -0.25) is 0 Å². The molecule has 0 fully saturated rings. The lowest BCUT2D eigenvalue weighted by Crippen LogP contribution is -2.08. The van der Waals surface area contributed by atoms with Crippen molar-refractivity contribution in [1.82, 2.24) is 0 Å². The fraction of sp³-hybridized carbons (Fsp3) is 0.500. The van der Waals surface area contributed by atoms with Gasteiger partial charge in [0, 0.05) is 0 Å². The summed E-state index contributed by atoms with van der Waals surface area (Å²) < 4.78 is 0. The van der Waals surface area contributed by atoms with Crippen molar-refractivity contribution < 1.29 is 9.90 Å². The van der Waals surface area contributed by atoms with Gasteiger partial charge in [-0.25, -0.2) is 4.79 Å². The van der Waals surface area contributed by atoms with Crippen LogP contribution in [-0.2, 0) is 6.42 Å². The summed E-state index contributed by atoms with van der Waals surface area (Å²) in [5.41, 5.74) is 2.97. The average molecular weight is 220 g/mol. The Morgan fingerprint density at radius 3 is 2.69 bits per heavy atom. The number of carbonyl (C=O) groups is 1. The number of aryl methyl sites for hydroxylation is 1. The Labute approximate surface area is 97.3 Å². The van der Waals surface area contributed by atoms with Gasteiger partial charge in [-0.15, -0.1) is 0 Å². The van der Waals surface area contributed by atoms with Gasteiger partial charge in [0.25, 0.3) is 0 Å². The second-order valence-corrected chi connectivity index (χ2v) is 4.01. The SMILES string of the molecule is CC.CC1CCCc2cc(C(=O)O)ccc21. The van der Waals surface area contributed by atoms with E-state index >= 15 is 0 Å². The maximum atomic E-state index is 10.8. The average Bonchev–Trinajstić information content (AvgIpc) is 2.31. The summed E-state index contributed by atoms with van der Waals surface area (Å²) >= 11 is 0.